The Labute approximate surface area is 146 Å². The van der Waals surface area contributed by atoms with Crippen molar-refractivity contribution in [2.24, 2.45) is 5.92 Å². The fraction of sp³-hybridized carbons (Fsp3) is 0.526. The van der Waals surface area contributed by atoms with Crippen molar-refractivity contribution < 1.29 is 4.79 Å². The molecule has 1 aromatic heterocycles. The van der Waals surface area contributed by atoms with Gasteiger partial charge in [0, 0.05) is 33.5 Å². The van der Waals surface area contributed by atoms with Crippen LogP contribution in [0.15, 0.2) is 24.3 Å². The van der Waals surface area contributed by atoms with Gasteiger partial charge in [-0.25, -0.2) is 0 Å². The van der Waals surface area contributed by atoms with Gasteiger partial charge in [0.15, 0.2) is 0 Å². The van der Waals surface area contributed by atoms with Gasteiger partial charge in [-0.05, 0) is 31.7 Å². The lowest BCUT2D eigenvalue weighted by Crippen LogP contribution is -2.39. The van der Waals surface area contributed by atoms with Crippen LogP contribution in [-0.2, 0) is 11.2 Å². The van der Waals surface area contributed by atoms with Gasteiger partial charge in [-0.2, -0.15) is 0 Å². The number of likely N-dealkylation sites (tertiary alicyclic amines) is 1. The second kappa shape index (κ2) is 6.45. The van der Waals surface area contributed by atoms with Crippen molar-refractivity contribution in [3.05, 3.63) is 34.2 Å². The molecule has 2 aromatic rings. The number of thiophene rings is 1. The maximum Gasteiger partial charge on any atom is 0.226 e. The summed E-state index contributed by atoms with van der Waals surface area (Å²) < 4.78 is 1.22. The maximum atomic E-state index is 12.8. The number of carbonyl (C=O) groups is 1. The third-order valence-electron chi connectivity index (χ3n) is 5.40. The lowest BCUT2D eigenvalue weighted by molar-refractivity contribution is -0.133. The molecular formula is C19H22ClNOS. The molecule has 2 fully saturated rings. The molecule has 23 heavy (non-hydrogen) atoms. The number of carbonyl (C=O) groups excluding carboxylic acids is 1. The van der Waals surface area contributed by atoms with Crippen LogP contribution in [0.25, 0.3) is 10.1 Å². The molecule has 0 radical (unpaired) electrons. The lowest BCUT2D eigenvalue weighted by Gasteiger charge is -2.31. The number of hydrogen-bond donors (Lipinski definition) is 0. The highest BCUT2D eigenvalue weighted by molar-refractivity contribution is 7.19. The molecule has 4 heteroatoms. The molecule has 1 aromatic carbocycles. The van der Waals surface area contributed by atoms with Crippen LogP contribution >= 0.6 is 22.9 Å². The molecule has 1 aliphatic carbocycles. The summed E-state index contributed by atoms with van der Waals surface area (Å²) in [6.07, 6.45) is 8.08. The van der Waals surface area contributed by atoms with Crippen molar-refractivity contribution in [3.8, 4) is 0 Å². The van der Waals surface area contributed by atoms with E-state index in [1.54, 1.807) is 11.3 Å². The molecule has 0 N–H and O–H groups in total. The average Bonchev–Trinajstić information content (AvgIpc) is 3.10. The van der Waals surface area contributed by atoms with Gasteiger partial charge in [0.05, 0.1) is 5.02 Å². The summed E-state index contributed by atoms with van der Waals surface area (Å²) in [7, 11) is 0. The number of fused-ring (bicyclic) bond motifs is 1. The van der Waals surface area contributed by atoms with Crippen molar-refractivity contribution in [1.82, 2.24) is 4.90 Å². The smallest absolute Gasteiger partial charge is 0.226 e. The van der Waals surface area contributed by atoms with E-state index >= 15 is 0 Å². The maximum absolute atomic E-state index is 12.8. The van der Waals surface area contributed by atoms with Crippen molar-refractivity contribution in [3.63, 3.8) is 0 Å². The van der Waals surface area contributed by atoms with Crippen LogP contribution < -0.4 is 0 Å². The van der Waals surface area contributed by atoms with Gasteiger partial charge in [-0.15, -0.1) is 11.3 Å². The van der Waals surface area contributed by atoms with Gasteiger partial charge in [0.25, 0.3) is 0 Å². The Bertz CT molecular complexity index is 719. The number of rotatable bonds is 3. The molecule has 1 saturated carbocycles. The molecule has 2 aliphatic rings. The minimum Gasteiger partial charge on any atom is -0.339 e. The van der Waals surface area contributed by atoms with Crippen LogP contribution in [0, 0.1) is 5.92 Å². The fourth-order valence-electron chi connectivity index (χ4n) is 4.13. The van der Waals surface area contributed by atoms with E-state index in [-0.39, 0.29) is 5.92 Å². The third-order valence-corrected chi connectivity index (χ3v) is 7.14. The number of nitrogens with zero attached hydrogens (tertiary/aromatic N) is 1. The van der Waals surface area contributed by atoms with Crippen molar-refractivity contribution in [2.75, 3.05) is 6.54 Å². The predicted molar refractivity (Wildman–Crippen MR) is 97.2 cm³/mol. The van der Waals surface area contributed by atoms with E-state index in [2.05, 4.69) is 17.0 Å². The van der Waals surface area contributed by atoms with E-state index in [1.807, 2.05) is 12.1 Å². The first kappa shape index (κ1) is 15.5. The monoisotopic (exact) mass is 347 g/mol. The summed E-state index contributed by atoms with van der Waals surface area (Å²) in [4.78, 5) is 16.2. The van der Waals surface area contributed by atoms with E-state index in [0.29, 0.717) is 11.9 Å². The van der Waals surface area contributed by atoms with Gasteiger partial charge >= 0.3 is 0 Å². The van der Waals surface area contributed by atoms with Gasteiger partial charge in [0.2, 0.25) is 5.91 Å². The number of hydrogen-bond acceptors (Lipinski definition) is 2. The Hall–Kier alpha value is -1.06. The highest BCUT2D eigenvalue weighted by Crippen LogP contribution is 2.38. The van der Waals surface area contributed by atoms with Crippen LogP contribution in [0.4, 0.5) is 0 Å². The first-order chi connectivity index (χ1) is 11.2. The van der Waals surface area contributed by atoms with Crippen LogP contribution in [0.2, 0.25) is 5.02 Å². The summed E-state index contributed by atoms with van der Waals surface area (Å²) in [5.74, 6) is 0.493. The highest BCUT2D eigenvalue weighted by atomic mass is 35.5. The summed E-state index contributed by atoms with van der Waals surface area (Å²) in [6.45, 7) is 0.941. The van der Waals surface area contributed by atoms with E-state index in [0.717, 1.165) is 29.8 Å². The first-order valence-corrected chi connectivity index (χ1v) is 9.90. The standard InChI is InChI=1S/C19H22ClNOS/c20-18-15-8-4-5-9-16(15)23-17(18)12-13-10-11-21(19(13)22)14-6-2-1-3-7-14/h4-5,8-9,13-14H,1-3,6-7,10-12H2. The van der Waals surface area contributed by atoms with Gasteiger partial charge in [-0.3, -0.25) is 4.79 Å². The zero-order chi connectivity index (χ0) is 15.8. The molecular weight excluding hydrogens is 326 g/mol. The van der Waals surface area contributed by atoms with E-state index in [4.69, 9.17) is 11.6 Å². The predicted octanol–water partition coefficient (Wildman–Crippen LogP) is 5.28. The molecule has 1 atom stereocenters. The number of amides is 1. The summed E-state index contributed by atoms with van der Waals surface area (Å²) in [5, 5.41) is 1.98. The van der Waals surface area contributed by atoms with Gasteiger partial charge in [-0.1, -0.05) is 49.1 Å². The molecule has 0 bridgehead atoms. The topological polar surface area (TPSA) is 20.3 Å². The van der Waals surface area contributed by atoms with Crippen molar-refractivity contribution in [1.29, 1.82) is 0 Å². The van der Waals surface area contributed by atoms with Crippen LogP contribution in [0.5, 0.6) is 0 Å². The summed E-state index contributed by atoms with van der Waals surface area (Å²) >= 11 is 8.30. The van der Waals surface area contributed by atoms with Crippen LogP contribution in [0.3, 0.4) is 0 Å². The molecule has 1 saturated heterocycles. The molecule has 0 spiro atoms. The number of halogens is 1. The second-order valence-corrected chi connectivity index (χ2v) is 8.36. The second-order valence-electron chi connectivity index (χ2n) is 6.85. The van der Waals surface area contributed by atoms with Crippen molar-refractivity contribution >= 4 is 38.9 Å². The van der Waals surface area contributed by atoms with Gasteiger partial charge in [0.1, 0.15) is 0 Å². The lowest BCUT2D eigenvalue weighted by atomic mass is 9.94. The Kier molecular flexibility index (Phi) is 4.33. The van der Waals surface area contributed by atoms with Crippen LogP contribution in [-0.4, -0.2) is 23.4 Å². The zero-order valence-corrected chi connectivity index (χ0v) is 14.8. The van der Waals surface area contributed by atoms with Crippen LogP contribution in [0.1, 0.15) is 43.4 Å². The first-order valence-electron chi connectivity index (χ1n) is 8.70. The zero-order valence-electron chi connectivity index (χ0n) is 13.3. The molecule has 1 amide bonds. The molecule has 2 nitrogen and oxygen atoms in total. The molecule has 4 rings (SSSR count). The normalized spacial score (nSPS) is 23.1. The van der Waals surface area contributed by atoms with Crippen molar-refractivity contribution in [2.45, 2.75) is 51.0 Å². The molecule has 1 aliphatic heterocycles. The largest absolute Gasteiger partial charge is 0.339 e. The molecule has 1 unspecified atom stereocenters. The van der Waals surface area contributed by atoms with E-state index < -0.39 is 0 Å². The highest BCUT2D eigenvalue weighted by Gasteiger charge is 2.36. The third kappa shape index (κ3) is 2.89. The number of benzene rings is 1. The molecule has 122 valence electrons. The fourth-order valence-corrected chi connectivity index (χ4v) is 5.72. The molecule has 2 heterocycles. The Balaban J connectivity index is 1.50. The minimum absolute atomic E-state index is 0.127. The van der Waals surface area contributed by atoms with E-state index in [9.17, 15) is 4.79 Å². The Morgan fingerprint density at radius 3 is 2.70 bits per heavy atom. The van der Waals surface area contributed by atoms with Gasteiger partial charge < -0.3 is 4.90 Å². The average molecular weight is 348 g/mol. The van der Waals surface area contributed by atoms with E-state index in [1.165, 1.54) is 41.7 Å². The quantitative estimate of drug-likeness (QED) is 0.739. The summed E-state index contributed by atoms with van der Waals surface area (Å²) in [5.41, 5.74) is 0. The minimum atomic E-state index is 0.127. The Morgan fingerprint density at radius 2 is 1.91 bits per heavy atom. The Morgan fingerprint density at radius 1 is 1.13 bits per heavy atom. The summed E-state index contributed by atoms with van der Waals surface area (Å²) in [6, 6.07) is 8.75. The SMILES string of the molecule is O=C1C(Cc2sc3ccccc3c2Cl)CCN1C1CCCCC1.